The second-order valence-corrected chi connectivity index (χ2v) is 6.06. The summed E-state index contributed by atoms with van der Waals surface area (Å²) in [4.78, 5) is 0. The quantitative estimate of drug-likeness (QED) is 0.727. The molecule has 1 heterocycles. The van der Waals surface area contributed by atoms with Gasteiger partial charge in [0.1, 0.15) is 5.82 Å². The lowest BCUT2D eigenvalue weighted by Crippen LogP contribution is -2.33. The van der Waals surface area contributed by atoms with Gasteiger partial charge in [0.15, 0.2) is 0 Å². The number of nitrogens with zero attached hydrogens (tertiary/aromatic N) is 1. The number of rotatable bonds is 6. The summed E-state index contributed by atoms with van der Waals surface area (Å²) in [5.41, 5.74) is 3.04. The van der Waals surface area contributed by atoms with Crippen LogP contribution in [0.1, 0.15) is 24.1 Å². The summed E-state index contributed by atoms with van der Waals surface area (Å²) in [6.45, 7) is 2.54. The van der Waals surface area contributed by atoms with Crippen molar-refractivity contribution >= 4 is 10.9 Å². The van der Waals surface area contributed by atoms with Gasteiger partial charge < -0.3 is 15.0 Å². The summed E-state index contributed by atoms with van der Waals surface area (Å²) in [6, 6.07) is 14.3. The third kappa shape index (κ3) is 3.07. The van der Waals surface area contributed by atoms with E-state index in [1.807, 2.05) is 24.3 Å². The zero-order chi connectivity index (χ0) is 17.1. The van der Waals surface area contributed by atoms with E-state index in [9.17, 15) is 9.50 Å². The molecule has 2 aromatic carbocycles. The van der Waals surface area contributed by atoms with Crippen LogP contribution in [-0.2, 0) is 6.42 Å². The monoisotopic (exact) mass is 326 g/mol. The number of aliphatic hydroxyl groups is 1. The van der Waals surface area contributed by atoms with Crippen LogP contribution < -0.4 is 5.32 Å². The average Bonchev–Trinajstić information content (AvgIpc) is 2.94. The van der Waals surface area contributed by atoms with E-state index in [2.05, 4.69) is 29.1 Å². The molecule has 0 fully saturated rings. The summed E-state index contributed by atoms with van der Waals surface area (Å²) >= 11 is 0. The van der Waals surface area contributed by atoms with Crippen molar-refractivity contribution in [1.29, 1.82) is 0 Å². The first-order valence-electron chi connectivity index (χ1n) is 8.32. The Morgan fingerprint density at radius 1 is 1.17 bits per heavy atom. The van der Waals surface area contributed by atoms with Gasteiger partial charge in [-0.1, -0.05) is 37.3 Å². The van der Waals surface area contributed by atoms with Crippen molar-refractivity contribution in [2.45, 2.75) is 25.5 Å². The Labute approximate surface area is 141 Å². The highest BCUT2D eigenvalue weighted by atomic mass is 19.1. The van der Waals surface area contributed by atoms with Crippen LogP contribution in [0.5, 0.6) is 0 Å². The predicted octanol–water partition coefficient (Wildman–Crippen LogP) is 3.51. The van der Waals surface area contributed by atoms with Gasteiger partial charge in [0.2, 0.25) is 0 Å². The van der Waals surface area contributed by atoms with Crippen LogP contribution in [0.2, 0.25) is 0 Å². The Bertz CT molecular complexity index is 827. The maximum absolute atomic E-state index is 13.8. The Balaban J connectivity index is 2.19. The smallest absolute Gasteiger partial charge is 0.123 e. The van der Waals surface area contributed by atoms with Gasteiger partial charge in [0.25, 0.3) is 0 Å². The van der Waals surface area contributed by atoms with Crippen molar-refractivity contribution < 1.29 is 9.50 Å². The zero-order valence-electron chi connectivity index (χ0n) is 14.0. The Morgan fingerprint density at radius 2 is 1.96 bits per heavy atom. The second-order valence-electron chi connectivity index (χ2n) is 6.06. The molecule has 2 atom stereocenters. The number of fused-ring (bicyclic) bond motifs is 1. The number of aromatic nitrogens is 1. The van der Waals surface area contributed by atoms with Crippen molar-refractivity contribution in [3.05, 3.63) is 71.7 Å². The SMILES string of the molecule is CCc1cn(C(c2cccc(F)c2)C(O)CNC)c2ccccc12. The predicted molar refractivity (Wildman–Crippen MR) is 95.8 cm³/mol. The molecule has 0 amide bonds. The number of hydrogen-bond donors (Lipinski definition) is 2. The molecule has 0 aliphatic rings. The van der Waals surface area contributed by atoms with Gasteiger partial charge in [0, 0.05) is 23.6 Å². The maximum Gasteiger partial charge on any atom is 0.123 e. The largest absolute Gasteiger partial charge is 0.389 e. The first kappa shape index (κ1) is 16.7. The fourth-order valence-electron chi connectivity index (χ4n) is 3.37. The lowest BCUT2D eigenvalue weighted by atomic mass is 10.0. The van der Waals surface area contributed by atoms with Gasteiger partial charge in [-0.3, -0.25) is 0 Å². The number of aryl methyl sites for hydroxylation is 1. The fourth-order valence-corrected chi connectivity index (χ4v) is 3.37. The Morgan fingerprint density at radius 3 is 2.67 bits per heavy atom. The molecule has 2 N–H and O–H groups in total. The third-order valence-electron chi connectivity index (χ3n) is 4.47. The highest BCUT2D eigenvalue weighted by molar-refractivity contribution is 5.84. The van der Waals surface area contributed by atoms with E-state index in [0.29, 0.717) is 6.54 Å². The normalized spacial score (nSPS) is 14.0. The lowest BCUT2D eigenvalue weighted by Gasteiger charge is -2.26. The van der Waals surface area contributed by atoms with Crippen LogP contribution in [0.25, 0.3) is 10.9 Å². The summed E-state index contributed by atoms with van der Waals surface area (Å²) < 4.78 is 15.8. The molecule has 3 nitrogen and oxygen atoms in total. The minimum atomic E-state index is -0.669. The first-order valence-corrected chi connectivity index (χ1v) is 8.32. The van der Waals surface area contributed by atoms with E-state index >= 15 is 0 Å². The number of aliphatic hydroxyl groups excluding tert-OH is 1. The molecular formula is C20H23FN2O. The van der Waals surface area contributed by atoms with Crippen LogP contribution in [-0.4, -0.2) is 29.4 Å². The standard InChI is InChI=1S/C20H23FN2O/c1-3-14-13-23(18-10-5-4-9-17(14)18)20(19(24)12-22-2)15-7-6-8-16(21)11-15/h4-11,13,19-20,22,24H,3,12H2,1-2H3. The van der Waals surface area contributed by atoms with Crippen LogP contribution in [0.3, 0.4) is 0 Å². The van der Waals surface area contributed by atoms with Gasteiger partial charge in [-0.05, 0) is 42.8 Å². The van der Waals surface area contributed by atoms with Gasteiger partial charge in [-0.25, -0.2) is 4.39 Å². The van der Waals surface area contributed by atoms with E-state index in [0.717, 1.165) is 17.5 Å². The van der Waals surface area contributed by atoms with Crippen molar-refractivity contribution in [3.8, 4) is 0 Å². The molecule has 24 heavy (non-hydrogen) atoms. The molecule has 126 valence electrons. The molecule has 0 aliphatic carbocycles. The molecule has 0 saturated carbocycles. The number of halogens is 1. The highest BCUT2D eigenvalue weighted by Gasteiger charge is 2.25. The molecule has 2 unspecified atom stereocenters. The minimum Gasteiger partial charge on any atom is -0.389 e. The molecule has 0 radical (unpaired) electrons. The molecule has 0 spiro atoms. The van der Waals surface area contributed by atoms with Crippen LogP contribution in [0.15, 0.2) is 54.7 Å². The summed E-state index contributed by atoms with van der Waals surface area (Å²) in [5.74, 6) is -0.290. The van der Waals surface area contributed by atoms with E-state index in [1.165, 1.54) is 23.1 Å². The Hall–Kier alpha value is -2.17. The molecule has 0 aliphatic heterocycles. The summed E-state index contributed by atoms with van der Waals surface area (Å²) in [5, 5.41) is 14.9. The highest BCUT2D eigenvalue weighted by Crippen LogP contribution is 2.31. The van der Waals surface area contributed by atoms with Gasteiger partial charge >= 0.3 is 0 Å². The van der Waals surface area contributed by atoms with E-state index in [1.54, 1.807) is 13.1 Å². The van der Waals surface area contributed by atoms with E-state index in [-0.39, 0.29) is 11.9 Å². The number of para-hydroxylation sites is 1. The Kier molecular flexibility index (Phi) is 4.97. The molecule has 0 saturated heterocycles. The van der Waals surface area contributed by atoms with Crippen LogP contribution in [0.4, 0.5) is 4.39 Å². The van der Waals surface area contributed by atoms with Gasteiger partial charge in [0.05, 0.1) is 12.1 Å². The van der Waals surface area contributed by atoms with Crippen LogP contribution >= 0.6 is 0 Å². The number of nitrogens with one attached hydrogen (secondary N) is 1. The topological polar surface area (TPSA) is 37.2 Å². The molecule has 1 aromatic heterocycles. The first-order chi connectivity index (χ1) is 11.7. The molecule has 3 aromatic rings. The summed E-state index contributed by atoms with van der Waals surface area (Å²) in [7, 11) is 1.80. The van der Waals surface area contributed by atoms with Gasteiger partial charge in [-0.15, -0.1) is 0 Å². The van der Waals surface area contributed by atoms with E-state index in [4.69, 9.17) is 0 Å². The molecular weight excluding hydrogens is 303 g/mol. The number of likely N-dealkylation sites (N-methyl/N-ethyl adjacent to an activating group) is 1. The van der Waals surface area contributed by atoms with Gasteiger partial charge in [-0.2, -0.15) is 0 Å². The van der Waals surface area contributed by atoms with Crippen molar-refractivity contribution in [2.75, 3.05) is 13.6 Å². The minimum absolute atomic E-state index is 0.290. The zero-order valence-corrected chi connectivity index (χ0v) is 14.0. The maximum atomic E-state index is 13.8. The number of hydrogen-bond acceptors (Lipinski definition) is 2. The molecule has 4 heteroatoms. The fraction of sp³-hybridized carbons (Fsp3) is 0.300. The third-order valence-corrected chi connectivity index (χ3v) is 4.47. The number of benzene rings is 2. The molecule has 3 rings (SSSR count). The van der Waals surface area contributed by atoms with E-state index < -0.39 is 6.10 Å². The van der Waals surface area contributed by atoms with Crippen molar-refractivity contribution in [3.63, 3.8) is 0 Å². The lowest BCUT2D eigenvalue weighted by molar-refractivity contribution is 0.132. The van der Waals surface area contributed by atoms with Crippen molar-refractivity contribution in [1.82, 2.24) is 9.88 Å². The van der Waals surface area contributed by atoms with Crippen molar-refractivity contribution in [2.24, 2.45) is 0 Å². The summed E-state index contributed by atoms with van der Waals surface area (Å²) in [6.07, 6.45) is 2.32. The average molecular weight is 326 g/mol. The van der Waals surface area contributed by atoms with Crippen LogP contribution in [0, 0.1) is 5.82 Å². The second kappa shape index (κ2) is 7.16. The molecule has 0 bridgehead atoms.